The number of anilines is 1. The van der Waals surface area contributed by atoms with Gasteiger partial charge in [0.1, 0.15) is 16.8 Å². The zero-order chi connectivity index (χ0) is 23.4. The molecule has 33 heavy (non-hydrogen) atoms. The van der Waals surface area contributed by atoms with Crippen molar-refractivity contribution in [2.45, 2.75) is 49.5 Å². The average molecular weight is 495 g/mol. The van der Waals surface area contributed by atoms with Gasteiger partial charge in [-0.25, -0.2) is 17.8 Å². The summed E-state index contributed by atoms with van der Waals surface area (Å²) in [5.74, 6) is -1.30. The largest absolute Gasteiger partial charge is 0.328 e. The number of carbonyl (C=O) groups excluding carboxylic acids is 2. The number of thiazole rings is 1. The van der Waals surface area contributed by atoms with Crippen LogP contribution in [0, 0.1) is 11.7 Å². The standard InChI is InChI=1S/C22H27FN4O4S2/c23-17-8-4-5-9-19(17)33(30,31)26-11-12-27(20(28)15-26)18(14-16-6-2-1-3-7-16)21(29)25-22-24-10-13-32-22/h4-5,8-10,13,16,18H,1-3,6-7,11-12,14-15H2,(H,24,25,29). The van der Waals surface area contributed by atoms with Gasteiger partial charge >= 0.3 is 0 Å². The summed E-state index contributed by atoms with van der Waals surface area (Å²) >= 11 is 1.30. The quantitative estimate of drug-likeness (QED) is 0.638. The highest BCUT2D eigenvalue weighted by molar-refractivity contribution is 7.89. The van der Waals surface area contributed by atoms with E-state index in [1.165, 1.54) is 40.9 Å². The molecule has 11 heteroatoms. The van der Waals surface area contributed by atoms with Crippen LogP contribution in [-0.2, 0) is 19.6 Å². The van der Waals surface area contributed by atoms with Gasteiger partial charge in [0.25, 0.3) is 0 Å². The average Bonchev–Trinajstić information content (AvgIpc) is 3.31. The minimum atomic E-state index is -4.16. The second-order valence-electron chi connectivity index (χ2n) is 8.44. The summed E-state index contributed by atoms with van der Waals surface area (Å²) in [6.07, 6.45) is 7.53. The van der Waals surface area contributed by atoms with Crippen molar-refractivity contribution in [2.75, 3.05) is 25.0 Å². The maximum absolute atomic E-state index is 14.1. The number of hydrogen-bond donors (Lipinski definition) is 1. The fourth-order valence-corrected chi connectivity index (χ4v) is 6.56. The van der Waals surface area contributed by atoms with Gasteiger partial charge in [-0.2, -0.15) is 4.31 Å². The summed E-state index contributed by atoms with van der Waals surface area (Å²) in [7, 11) is -4.16. The number of nitrogens with zero attached hydrogens (tertiary/aromatic N) is 3. The van der Waals surface area contributed by atoms with Crippen LogP contribution in [0.25, 0.3) is 0 Å². The van der Waals surface area contributed by atoms with Gasteiger partial charge in [-0.3, -0.25) is 9.59 Å². The van der Waals surface area contributed by atoms with E-state index in [0.717, 1.165) is 36.1 Å². The van der Waals surface area contributed by atoms with E-state index in [0.29, 0.717) is 17.5 Å². The van der Waals surface area contributed by atoms with E-state index < -0.39 is 39.2 Å². The maximum Gasteiger partial charge on any atom is 0.248 e. The van der Waals surface area contributed by atoms with Crippen LogP contribution >= 0.6 is 11.3 Å². The molecule has 1 unspecified atom stereocenters. The lowest BCUT2D eigenvalue weighted by Crippen LogP contribution is -2.58. The predicted octanol–water partition coefficient (Wildman–Crippen LogP) is 3.09. The molecule has 2 aliphatic rings. The molecular weight excluding hydrogens is 467 g/mol. The van der Waals surface area contributed by atoms with Gasteiger partial charge in [0.15, 0.2) is 5.13 Å². The fourth-order valence-electron chi connectivity index (χ4n) is 4.58. The van der Waals surface area contributed by atoms with Crippen LogP contribution in [-0.4, -0.2) is 60.1 Å². The van der Waals surface area contributed by atoms with Gasteiger partial charge in [0.2, 0.25) is 21.8 Å². The molecule has 1 aromatic heterocycles. The Balaban J connectivity index is 1.51. The van der Waals surface area contributed by atoms with E-state index in [4.69, 9.17) is 0 Å². The Kier molecular flexibility index (Phi) is 7.40. The molecule has 2 amide bonds. The number of aromatic nitrogens is 1. The van der Waals surface area contributed by atoms with Crippen LogP contribution in [0.15, 0.2) is 40.7 Å². The van der Waals surface area contributed by atoms with Crippen molar-refractivity contribution in [1.29, 1.82) is 0 Å². The number of halogens is 1. The molecule has 1 N–H and O–H groups in total. The first-order valence-corrected chi connectivity index (χ1v) is 13.4. The number of piperazine rings is 1. The third kappa shape index (κ3) is 5.42. The van der Waals surface area contributed by atoms with Crippen molar-refractivity contribution in [2.24, 2.45) is 5.92 Å². The predicted molar refractivity (Wildman–Crippen MR) is 123 cm³/mol. The number of amides is 2. The van der Waals surface area contributed by atoms with Gasteiger partial charge in [0, 0.05) is 24.7 Å². The lowest BCUT2D eigenvalue weighted by Gasteiger charge is -2.39. The number of hydrogen-bond acceptors (Lipinski definition) is 6. The van der Waals surface area contributed by atoms with Gasteiger partial charge < -0.3 is 10.2 Å². The first kappa shape index (κ1) is 23.8. The molecule has 0 radical (unpaired) electrons. The Hall–Kier alpha value is -2.37. The molecule has 178 valence electrons. The Morgan fingerprint density at radius 1 is 1.21 bits per heavy atom. The molecule has 1 aliphatic heterocycles. The second kappa shape index (κ2) is 10.3. The van der Waals surface area contributed by atoms with Crippen LogP contribution in [0.2, 0.25) is 0 Å². The molecule has 1 atom stereocenters. The molecule has 2 fully saturated rings. The molecule has 1 aliphatic carbocycles. The van der Waals surface area contributed by atoms with Crippen LogP contribution in [0.4, 0.5) is 9.52 Å². The third-order valence-electron chi connectivity index (χ3n) is 6.30. The zero-order valence-electron chi connectivity index (χ0n) is 18.2. The molecule has 1 saturated heterocycles. The zero-order valence-corrected chi connectivity index (χ0v) is 19.8. The van der Waals surface area contributed by atoms with Crippen LogP contribution < -0.4 is 5.32 Å². The van der Waals surface area contributed by atoms with Gasteiger partial charge in [-0.05, 0) is 24.5 Å². The van der Waals surface area contributed by atoms with Crippen molar-refractivity contribution in [3.05, 3.63) is 41.7 Å². The second-order valence-corrected chi connectivity index (χ2v) is 11.2. The number of rotatable bonds is 7. The molecule has 2 aromatic rings. The van der Waals surface area contributed by atoms with E-state index in [9.17, 15) is 22.4 Å². The molecule has 8 nitrogen and oxygen atoms in total. The van der Waals surface area contributed by atoms with E-state index >= 15 is 0 Å². The number of benzene rings is 1. The van der Waals surface area contributed by atoms with Crippen molar-refractivity contribution < 1.29 is 22.4 Å². The van der Waals surface area contributed by atoms with Crippen LogP contribution in [0.5, 0.6) is 0 Å². The molecule has 2 heterocycles. The normalized spacial score (nSPS) is 19.4. The SMILES string of the molecule is O=C(Nc1nccs1)C(CC1CCCCC1)N1CCN(S(=O)(=O)c2ccccc2F)CC1=O. The van der Waals surface area contributed by atoms with Gasteiger partial charge in [-0.15, -0.1) is 11.3 Å². The highest BCUT2D eigenvalue weighted by Gasteiger charge is 2.39. The monoisotopic (exact) mass is 494 g/mol. The molecule has 0 bridgehead atoms. The smallest absolute Gasteiger partial charge is 0.248 e. The van der Waals surface area contributed by atoms with Crippen molar-refractivity contribution in [3.8, 4) is 0 Å². The van der Waals surface area contributed by atoms with E-state index in [2.05, 4.69) is 10.3 Å². The molecule has 1 saturated carbocycles. The first-order valence-electron chi connectivity index (χ1n) is 11.1. The van der Waals surface area contributed by atoms with Gasteiger partial charge in [-0.1, -0.05) is 44.2 Å². The highest BCUT2D eigenvalue weighted by Crippen LogP contribution is 2.30. The Bertz CT molecular complexity index is 1090. The fraction of sp³-hybridized carbons (Fsp3) is 0.500. The lowest BCUT2D eigenvalue weighted by molar-refractivity contribution is -0.142. The van der Waals surface area contributed by atoms with Gasteiger partial charge in [0.05, 0.1) is 6.54 Å². The molecular formula is C22H27FN4O4S2. The van der Waals surface area contributed by atoms with E-state index in [1.807, 2.05) is 0 Å². The number of carbonyl (C=O) groups is 2. The van der Waals surface area contributed by atoms with E-state index in [1.54, 1.807) is 11.6 Å². The summed E-state index contributed by atoms with van der Waals surface area (Å²) in [6, 6.07) is 4.41. The van der Waals surface area contributed by atoms with E-state index in [-0.39, 0.29) is 19.0 Å². The molecule has 1 aromatic carbocycles. The third-order valence-corrected chi connectivity index (χ3v) is 8.87. The summed E-state index contributed by atoms with van der Waals surface area (Å²) in [6.45, 7) is -0.369. The van der Waals surface area contributed by atoms with Crippen LogP contribution in [0.3, 0.4) is 0 Å². The summed E-state index contributed by atoms with van der Waals surface area (Å²) < 4.78 is 41.0. The minimum Gasteiger partial charge on any atom is -0.328 e. The van der Waals surface area contributed by atoms with Crippen LogP contribution in [0.1, 0.15) is 38.5 Å². The molecule has 0 spiro atoms. The summed E-state index contributed by atoms with van der Waals surface area (Å²) in [4.78, 5) is 31.4. The lowest BCUT2D eigenvalue weighted by atomic mass is 9.84. The minimum absolute atomic E-state index is 0.00585. The van der Waals surface area contributed by atoms with Crippen molar-refractivity contribution in [1.82, 2.24) is 14.2 Å². The summed E-state index contributed by atoms with van der Waals surface area (Å²) in [5, 5.41) is 5.01. The van der Waals surface area contributed by atoms with Crippen molar-refractivity contribution in [3.63, 3.8) is 0 Å². The first-order chi connectivity index (χ1) is 15.9. The maximum atomic E-state index is 14.1. The number of sulfonamides is 1. The van der Waals surface area contributed by atoms with Crippen molar-refractivity contribution >= 4 is 38.3 Å². The summed E-state index contributed by atoms with van der Waals surface area (Å²) in [5.41, 5.74) is 0. The topological polar surface area (TPSA) is 99.7 Å². The molecule has 4 rings (SSSR count). The Morgan fingerprint density at radius 3 is 2.64 bits per heavy atom. The number of nitrogens with one attached hydrogen (secondary N) is 1. The Labute approximate surface area is 196 Å². The Morgan fingerprint density at radius 2 is 1.97 bits per heavy atom. The highest BCUT2D eigenvalue weighted by atomic mass is 32.2.